The van der Waals surface area contributed by atoms with Gasteiger partial charge in [-0.05, 0) is 48.4 Å². The summed E-state index contributed by atoms with van der Waals surface area (Å²) < 4.78 is 67.5. The number of aromatic nitrogens is 5. The van der Waals surface area contributed by atoms with Gasteiger partial charge in [-0.15, -0.1) is 10.2 Å². The molecule has 0 bridgehead atoms. The number of carboxylic acids is 2. The number of fused-ring (bicyclic) bond motifs is 3. The second kappa shape index (κ2) is 13.7. The number of alkyl halides is 6. The van der Waals surface area contributed by atoms with Crippen LogP contribution in [0.4, 0.5) is 26.3 Å². The summed E-state index contributed by atoms with van der Waals surface area (Å²) in [6.45, 7) is 2.95. The van der Waals surface area contributed by atoms with E-state index in [1.165, 1.54) is 0 Å². The van der Waals surface area contributed by atoms with Gasteiger partial charge in [-0.3, -0.25) is 14.2 Å². The summed E-state index contributed by atoms with van der Waals surface area (Å²) in [5, 5.41) is 25.7. The molecule has 0 saturated heterocycles. The van der Waals surface area contributed by atoms with Crippen LogP contribution in [0.25, 0.3) is 16.7 Å². The maximum Gasteiger partial charge on any atom is 0.490 e. The van der Waals surface area contributed by atoms with E-state index in [1.807, 2.05) is 64.4 Å². The highest BCUT2D eigenvalue weighted by atomic mass is 19.4. The molecule has 4 heterocycles. The lowest BCUT2D eigenvalue weighted by Crippen LogP contribution is -2.25. The molecular weight excluding hydrogens is 602 g/mol. The Balaban J connectivity index is 0.000000317. The molecule has 4 aromatic heterocycles. The summed E-state index contributed by atoms with van der Waals surface area (Å²) in [6.07, 6.45) is -6.72. The normalized spacial score (nSPS) is 11.2. The molecule has 0 fully saturated rings. The molecular formula is C27H22F6N6O5. The van der Waals surface area contributed by atoms with E-state index in [4.69, 9.17) is 19.8 Å². The van der Waals surface area contributed by atoms with Gasteiger partial charge >= 0.3 is 24.3 Å². The third kappa shape index (κ3) is 8.52. The number of aliphatic carboxylic acids is 2. The number of carbonyl (C=O) groups is 3. The zero-order chi connectivity index (χ0) is 32.7. The number of halogens is 6. The number of nitrogens with one attached hydrogen (secondary N) is 1. The Morgan fingerprint density at radius 3 is 1.91 bits per heavy atom. The molecule has 1 aromatic carbocycles. The van der Waals surface area contributed by atoms with Gasteiger partial charge in [-0.2, -0.15) is 26.3 Å². The van der Waals surface area contributed by atoms with Gasteiger partial charge < -0.3 is 20.1 Å². The van der Waals surface area contributed by atoms with Gasteiger partial charge in [-0.1, -0.05) is 30.3 Å². The predicted molar refractivity (Wildman–Crippen MR) is 142 cm³/mol. The van der Waals surface area contributed by atoms with E-state index in [2.05, 4.69) is 32.6 Å². The monoisotopic (exact) mass is 624 g/mol. The maximum absolute atomic E-state index is 13.2. The quantitative estimate of drug-likeness (QED) is 0.240. The fourth-order valence-electron chi connectivity index (χ4n) is 3.74. The largest absolute Gasteiger partial charge is 0.490 e. The van der Waals surface area contributed by atoms with Gasteiger partial charge in [0.1, 0.15) is 11.5 Å². The molecule has 3 N–H and O–H groups in total. The predicted octanol–water partition coefficient (Wildman–Crippen LogP) is 4.63. The summed E-state index contributed by atoms with van der Waals surface area (Å²) in [5.41, 5.74) is 5.37. The van der Waals surface area contributed by atoms with Crippen LogP contribution >= 0.6 is 0 Å². The van der Waals surface area contributed by atoms with Crippen LogP contribution in [-0.4, -0.2) is 64.6 Å². The number of aryl methyl sites for hydroxylation is 1. The first-order valence-corrected chi connectivity index (χ1v) is 12.2. The minimum absolute atomic E-state index is 0.127. The van der Waals surface area contributed by atoms with Crippen molar-refractivity contribution in [1.82, 2.24) is 29.5 Å². The Bertz CT molecular complexity index is 1730. The van der Waals surface area contributed by atoms with Crippen molar-refractivity contribution in [1.29, 1.82) is 0 Å². The van der Waals surface area contributed by atoms with E-state index >= 15 is 0 Å². The molecule has 0 spiro atoms. The number of hydrogen-bond donors (Lipinski definition) is 3. The van der Waals surface area contributed by atoms with Crippen LogP contribution < -0.4 is 5.32 Å². The Labute approximate surface area is 243 Å². The van der Waals surface area contributed by atoms with Gasteiger partial charge in [0.2, 0.25) is 0 Å². The number of carboxylic acid groups (broad SMARTS) is 2. The number of amides is 1. The van der Waals surface area contributed by atoms with E-state index in [-0.39, 0.29) is 5.91 Å². The van der Waals surface area contributed by atoms with E-state index < -0.39 is 24.3 Å². The summed E-state index contributed by atoms with van der Waals surface area (Å²) in [5.74, 6) is -4.85. The number of carbonyl (C=O) groups excluding carboxylic acids is 1. The molecule has 0 aliphatic heterocycles. The van der Waals surface area contributed by atoms with E-state index in [0.29, 0.717) is 18.8 Å². The van der Waals surface area contributed by atoms with Gasteiger partial charge in [0.05, 0.1) is 11.0 Å². The van der Waals surface area contributed by atoms with Gasteiger partial charge in [-0.25, -0.2) is 9.59 Å². The molecule has 0 aliphatic carbocycles. The van der Waals surface area contributed by atoms with E-state index in [1.54, 1.807) is 12.4 Å². The third-order valence-electron chi connectivity index (χ3n) is 5.70. The Hall–Kier alpha value is -5.48. The molecule has 0 aliphatic rings. The second-order valence-corrected chi connectivity index (χ2v) is 8.79. The van der Waals surface area contributed by atoms with E-state index in [9.17, 15) is 31.1 Å². The average molecular weight is 624 g/mol. The van der Waals surface area contributed by atoms with Crippen LogP contribution in [-0.2, 0) is 22.7 Å². The lowest BCUT2D eigenvalue weighted by atomic mass is 10.2. The fourth-order valence-corrected chi connectivity index (χ4v) is 3.74. The fraction of sp³-hybridized carbons (Fsp3) is 0.185. The summed E-state index contributed by atoms with van der Waals surface area (Å²) in [4.78, 5) is 35.0. The molecule has 0 atom stereocenters. The molecule has 0 unspecified atom stereocenters. The molecule has 0 saturated carbocycles. The molecule has 232 valence electrons. The second-order valence-electron chi connectivity index (χ2n) is 8.79. The van der Waals surface area contributed by atoms with Crippen LogP contribution in [0.15, 0.2) is 73.1 Å². The first-order chi connectivity index (χ1) is 20.6. The molecule has 44 heavy (non-hydrogen) atoms. The first-order valence-electron chi connectivity index (χ1n) is 12.2. The SMILES string of the molecule is Cc1nnc2ccc3c(cc(C(=O)NCc4ccncc4)n3Cc3ccccc3)n12.O=C(O)C(F)(F)F.O=C(O)C(F)(F)F. The smallest absolute Gasteiger partial charge is 0.475 e. The number of rotatable bonds is 5. The maximum atomic E-state index is 13.2. The van der Waals surface area contributed by atoms with Crippen molar-refractivity contribution in [3.05, 3.63) is 95.7 Å². The highest BCUT2D eigenvalue weighted by molar-refractivity contribution is 5.98. The Kier molecular flexibility index (Phi) is 10.3. The zero-order valence-corrected chi connectivity index (χ0v) is 22.5. The molecule has 1 amide bonds. The standard InChI is InChI=1S/C23H20N6O.2C2HF3O2/c1-16-26-27-22-8-7-19-20(29(16)22)13-21(28(19)15-18-5-3-2-4-6-18)23(30)25-14-17-9-11-24-12-10-17;2*3-2(4,5)1(6)7/h2-13H,14-15H2,1H3,(H,25,30);2*(H,6,7). The van der Waals surface area contributed by atoms with Crippen molar-refractivity contribution in [3.8, 4) is 0 Å². The highest BCUT2D eigenvalue weighted by Gasteiger charge is 2.38. The molecule has 11 nitrogen and oxygen atoms in total. The highest BCUT2D eigenvalue weighted by Crippen LogP contribution is 2.24. The Morgan fingerprint density at radius 1 is 0.795 bits per heavy atom. The van der Waals surface area contributed by atoms with Gasteiger partial charge in [0.25, 0.3) is 5.91 Å². The lowest BCUT2D eigenvalue weighted by molar-refractivity contribution is -0.193. The zero-order valence-electron chi connectivity index (χ0n) is 22.5. The van der Waals surface area contributed by atoms with Crippen molar-refractivity contribution >= 4 is 34.5 Å². The van der Waals surface area contributed by atoms with Crippen LogP contribution in [0, 0.1) is 6.92 Å². The van der Waals surface area contributed by atoms with Gasteiger partial charge in [0.15, 0.2) is 5.65 Å². The first kappa shape index (κ1) is 33.0. The van der Waals surface area contributed by atoms with Crippen molar-refractivity contribution in [2.75, 3.05) is 0 Å². The van der Waals surface area contributed by atoms with Crippen molar-refractivity contribution in [2.24, 2.45) is 0 Å². The van der Waals surface area contributed by atoms with Crippen molar-refractivity contribution < 1.29 is 50.9 Å². The van der Waals surface area contributed by atoms with Crippen LogP contribution in [0.1, 0.15) is 27.4 Å². The molecule has 17 heteroatoms. The topological polar surface area (TPSA) is 152 Å². The minimum Gasteiger partial charge on any atom is -0.475 e. The van der Waals surface area contributed by atoms with Crippen LogP contribution in [0.3, 0.4) is 0 Å². The number of pyridine rings is 2. The van der Waals surface area contributed by atoms with E-state index in [0.717, 1.165) is 33.6 Å². The number of hydrogen-bond acceptors (Lipinski definition) is 6. The van der Waals surface area contributed by atoms with Crippen molar-refractivity contribution in [3.63, 3.8) is 0 Å². The number of nitrogens with zero attached hydrogens (tertiary/aromatic N) is 5. The summed E-state index contributed by atoms with van der Waals surface area (Å²) >= 11 is 0. The lowest BCUT2D eigenvalue weighted by Gasteiger charge is -2.11. The molecule has 0 radical (unpaired) electrons. The molecule has 5 rings (SSSR count). The van der Waals surface area contributed by atoms with Crippen LogP contribution in [0.2, 0.25) is 0 Å². The van der Waals surface area contributed by atoms with Crippen molar-refractivity contribution in [2.45, 2.75) is 32.4 Å². The average Bonchev–Trinajstić information content (AvgIpc) is 3.53. The van der Waals surface area contributed by atoms with Gasteiger partial charge in [0, 0.05) is 25.5 Å². The Morgan fingerprint density at radius 2 is 1.36 bits per heavy atom. The summed E-state index contributed by atoms with van der Waals surface area (Å²) in [6, 6.07) is 19.8. The molecule has 5 aromatic rings. The summed E-state index contributed by atoms with van der Waals surface area (Å²) in [7, 11) is 0. The third-order valence-corrected chi connectivity index (χ3v) is 5.70. The minimum atomic E-state index is -5.08. The number of benzene rings is 1. The van der Waals surface area contributed by atoms with Crippen LogP contribution in [0.5, 0.6) is 0 Å².